The number of hydrogen-bond acceptors (Lipinski definition) is 6. The molecule has 0 bridgehead atoms. The number of hydrogen-bond donors (Lipinski definition) is 1. The summed E-state index contributed by atoms with van der Waals surface area (Å²) >= 11 is 1.26. The Morgan fingerprint density at radius 2 is 1.86 bits per heavy atom. The van der Waals surface area contributed by atoms with Gasteiger partial charge in [0.15, 0.2) is 5.78 Å². The monoisotopic (exact) mass is 407 g/mol. The quantitative estimate of drug-likeness (QED) is 0.705. The van der Waals surface area contributed by atoms with E-state index in [9.17, 15) is 14.4 Å². The van der Waals surface area contributed by atoms with Crippen LogP contribution in [0.3, 0.4) is 0 Å². The highest BCUT2D eigenvalue weighted by atomic mass is 32.1. The number of Topliss-reactive ketones (excluding diaryl/α,β-unsaturated/α-hetero) is 1. The Bertz CT molecular complexity index is 911. The third-order valence-electron chi connectivity index (χ3n) is 4.03. The van der Waals surface area contributed by atoms with E-state index >= 15 is 0 Å². The highest BCUT2D eigenvalue weighted by Crippen LogP contribution is 2.37. The number of fused-ring (bicyclic) bond motifs is 1. The number of ether oxygens (including phenoxy) is 2. The van der Waals surface area contributed by atoms with Crippen LogP contribution >= 0.6 is 11.3 Å². The minimum atomic E-state index is -1.00. The van der Waals surface area contributed by atoms with Crippen LogP contribution in [0.2, 0.25) is 0 Å². The van der Waals surface area contributed by atoms with Gasteiger partial charge in [-0.2, -0.15) is 0 Å². The Kier molecular flexibility index (Phi) is 6.34. The van der Waals surface area contributed by atoms with Crippen LogP contribution in [0, 0.1) is 5.92 Å². The van der Waals surface area contributed by atoms with Crippen molar-refractivity contribution in [1.29, 1.82) is 0 Å². The molecule has 1 aromatic carbocycles. The molecule has 2 aromatic rings. The molecule has 0 aliphatic rings. The van der Waals surface area contributed by atoms with Crippen molar-refractivity contribution in [3.05, 3.63) is 23.1 Å². The van der Waals surface area contributed by atoms with E-state index in [1.54, 1.807) is 46.0 Å². The SMILES string of the molecule is COc1cc2cc(C(=O)C[C@H](C)C(=O)O)sc2cc1N(C)C(=O)OC(C)(C)C. The van der Waals surface area contributed by atoms with Crippen LogP contribution in [0.15, 0.2) is 18.2 Å². The molecule has 0 radical (unpaired) electrons. The van der Waals surface area contributed by atoms with Gasteiger partial charge < -0.3 is 14.6 Å². The zero-order valence-corrected chi connectivity index (χ0v) is 17.7. The van der Waals surface area contributed by atoms with Gasteiger partial charge in [0.05, 0.1) is 23.6 Å². The van der Waals surface area contributed by atoms with Crippen molar-refractivity contribution in [2.24, 2.45) is 5.92 Å². The van der Waals surface area contributed by atoms with Gasteiger partial charge in [-0.1, -0.05) is 6.92 Å². The molecule has 0 aliphatic carbocycles. The van der Waals surface area contributed by atoms with Crippen molar-refractivity contribution >= 4 is 45.0 Å². The lowest BCUT2D eigenvalue weighted by molar-refractivity contribution is -0.141. The molecule has 0 spiro atoms. The molecule has 2 rings (SSSR count). The minimum Gasteiger partial charge on any atom is -0.495 e. The molecule has 0 fully saturated rings. The molecule has 28 heavy (non-hydrogen) atoms. The first-order valence-corrected chi connectivity index (χ1v) is 9.59. The maximum Gasteiger partial charge on any atom is 0.414 e. The fourth-order valence-electron chi connectivity index (χ4n) is 2.51. The normalized spacial score (nSPS) is 12.5. The van der Waals surface area contributed by atoms with Gasteiger partial charge >= 0.3 is 12.1 Å². The number of ketones is 1. The number of nitrogens with zero attached hydrogens (tertiary/aromatic N) is 1. The molecule has 0 unspecified atom stereocenters. The third-order valence-corrected chi connectivity index (χ3v) is 5.17. The molecule has 1 heterocycles. The number of carbonyl (C=O) groups is 3. The molecule has 1 aromatic heterocycles. The van der Waals surface area contributed by atoms with E-state index in [4.69, 9.17) is 14.6 Å². The number of carboxylic acid groups (broad SMARTS) is 1. The predicted molar refractivity (Wildman–Crippen MR) is 109 cm³/mol. The number of amides is 1. The largest absolute Gasteiger partial charge is 0.495 e. The summed E-state index contributed by atoms with van der Waals surface area (Å²) in [5.41, 5.74) is -0.115. The summed E-state index contributed by atoms with van der Waals surface area (Å²) in [5, 5.41) is 9.79. The standard InChI is InChI=1S/C20H25NO6S/c1-11(18(23)24)7-14(22)17-9-12-8-15(26-6)13(10-16(12)28-17)21(5)19(25)27-20(2,3)4/h8-11H,7H2,1-6H3,(H,23,24)/t11-/m0/s1. The van der Waals surface area contributed by atoms with Gasteiger partial charge in [0.1, 0.15) is 11.4 Å². The second-order valence-electron chi connectivity index (χ2n) is 7.58. The first kappa shape index (κ1) is 21.7. The van der Waals surface area contributed by atoms with Crippen LogP contribution in [0.5, 0.6) is 5.75 Å². The van der Waals surface area contributed by atoms with E-state index in [1.807, 2.05) is 0 Å². The molecular formula is C20H25NO6S. The van der Waals surface area contributed by atoms with E-state index in [0.29, 0.717) is 16.3 Å². The van der Waals surface area contributed by atoms with Gasteiger partial charge in [-0.25, -0.2) is 4.79 Å². The smallest absolute Gasteiger partial charge is 0.414 e. The lowest BCUT2D eigenvalue weighted by Crippen LogP contribution is -2.34. The van der Waals surface area contributed by atoms with Crippen molar-refractivity contribution < 1.29 is 29.0 Å². The maximum atomic E-state index is 12.4. The van der Waals surface area contributed by atoms with Gasteiger partial charge in [0.2, 0.25) is 0 Å². The van der Waals surface area contributed by atoms with Crippen molar-refractivity contribution in [3.8, 4) is 5.75 Å². The van der Waals surface area contributed by atoms with Gasteiger partial charge in [-0.15, -0.1) is 11.3 Å². The number of benzene rings is 1. The molecule has 1 atom stereocenters. The summed E-state index contributed by atoms with van der Waals surface area (Å²) in [6, 6.07) is 5.23. The average molecular weight is 407 g/mol. The predicted octanol–water partition coefficient (Wildman–Crippen LogP) is 4.57. The molecule has 152 valence electrons. The Morgan fingerprint density at radius 1 is 1.21 bits per heavy atom. The first-order chi connectivity index (χ1) is 12.9. The molecule has 8 heteroatoms. The molecule has 0 saturated carbocycles. The summed E-state index contributed by atoms with van der Waals surface area (Å²) in [6.45, 7) is 6.86. The van der Waals surface area contributed by atoms with Crippen LogP contribution < -0.4 is 9.64 Å². The van der Waals surface area contributed by atoms with Gasteiger partial charge in [0, 0.05) is 18.2 Å². The summed E-state index contributed by atoms with van der Waals surface area (Å²) in [6.07, 6.45) is -0.586. The van der Waals surface area contributed by atoms with Crippen molar-refractivity contribution in [2.75, 3.05) is 19.1 Å². The fourth-order valence-corrected chi connectivity index (χ4v) is 3.54. The van der Waals surface area contributed by atoms with Crippen LogP contribution in [0.25, 0.3) is 10.1 Å². The molecule has 1 N–H and O–H groups in total. The molecule has 0 saturated heterocycles. The van der Waals surface area contributed by atoms with Crippen LogP contribution in [-0.4, -0.2) is 42.7 Å². The number of rotatable bonds is 6. The minimum absolute atomic E-state index is 0.0655. The second kappa shape index (κ2) is 8.18. The van der Waals surface area contributed by atoms with E-state index in [2.05, 4.69) is 0 Å². The van der Waals surface area contributed by atoms with Gasteiger partial charge in [-0.3, -0.25) is 14.5 Å². The van der Waals surface area contributed by atoms with Gasteiger partial charge in [0.25, 0.3) is 0 Å². The Labute approximate surface area is 167 Å². The Morgan fingerprint density at radius 3 is 2.39 bits per heavy atom. The van der Waals surface area contributed by atoms with Crippen molar-refractivity contribution in [2.45, 2.75) is 39.7 Å². The van der Waals surface area contributed by atoms with Crippen molar-refractivity contribution in [1.82, 2.24) is 0 Å². The molecule has 0 aliphatic heterocycles. The number of aliphatic carboxylic acids is 1. The zero-order valence-electron chi connectivity index (χ0n) is 16.9. The Balaban J connectivity index is 2.37. The fraction of sp³-hybridized carbons (Fsp3) is 0.450. The molecule has 1 amide bonds. The summed E-state index contributed by atoms with van der Waals surface area (Å²) < 4.78 is 11.6. The third kappa shape index (κ3) is 5.01. The molecule has 7 nitrogen and oxygen atoms in total. The van der Waals surface area contributed by atoms with E-state index in [1.165, 1.54) is 30.3 Å². The lowest BCUT2D eigenvalue weighted by atomic mass is 10.0. The highest BCUT2D eigenvalue weighted by molar-refractivity contribution is 7.20. The average Bonchev–Trinajstić information content (AvgIpc) is 3.01. The number of anilines is 1. The van der Waals surface area contributed by atoms with Crippen LogP contribution in [0.4, 0.5) is 10.5 Å². The van der Waals surface area contributed by atoms with Crippen LogP contribution in [-0.2, 0) is 9.53 Å². The topological polar surface area (TPSA) is 93.1 Å². The second-order valence-corrected chi connectivity index (χ2v) is 8.66. The van der Waals surface area contributed by atoms with Crippen LogP contribution in [0.1, 0.15) is 43.8 Å². The van der Waals surface area contributed by atoms with E-state index < -0.39 is 23.6 Å². The van der Waals surface area contributed by atoms with Gasteiger partial charge in [-0.05, 0) is 44.4 Å². The van der Waals surface area contributed by atoms with E-state index in [0.717, 1.165) is 10.1 Å². The molecular weight excluding hydrogens is 382 g/mol. The number of carbonyl (C=O) groups excluding carboxylic acids is 2. The number of methoxy groups -OCH3 is 1. The van der Waals surface area contributed by atoms with Crippen molar-refractivity contribution in [3.63, 3.8) is 0 Å². The first-order valence-electron chi connectivity index (χ1n) is 8.77. The zero-order chi connectivity index (χ0) is 21.2. The maximum absolute atomic E-state index is 12.4. The highest BCUT2D eigenvalue weighted by Gasteiger charge is 2.24. The number of carboxylic acids is 1. The lowest BCUT2D eigenvalue weighted by Gasteiger charge is -2.25. The Hall–Kier alpha value is -2.61. The summed E-state index contributed by atoms with van der Waals surface area (Å²) in [4.78, 5) is 37.6. The summed E-state index contributed by atoms with van der Waals surface area (Å²) in [7, 11) is 3.09. The summed E-state index contributed by atoms with van der Waals surface area (Å²) in [5.74, 6) is -1.51. The number of thiophene rings is 1. The van der Waals surface area contributed by atoms with E-state index in [-0.39, 0.29) is 12.2 Å².